The van der Waals surface area contributed by atoms with Gasteiger partial charge in [-0.15, -0.1) is 0 Å². The van der Waals surface area contributed by atoms with Crippen molar-refractivity contribution in [2.75, 3.05) is 0 Å². The van der Waals surface area contributed by atoms with Gasteiger partial charge in [0.1, 0.15) is 5.75 Å². The lowest BCUT2D eigenvalue weighted by Gasteiger charge is -1.97. The summed E-state index contributed by atoms with van der Waals surface area (Å²) in [5, 5.41) is 25.1. The van der Waals surface area contributed by atoms with Crippen LogP contribution in [0.2, 0.25) is 0 Å². The van der Waals surface area contributed by atoms with Crippen LogP contribution in [0.1, 0.15) is 17.4 Å². The normalized spacial score (nSPS) is 8.60. The molecule has 7 heteroatoms. The molecule has 15 heavy (non-hydrogen) atoms. The minimum Gasteiger partial charge on any atom is -0.506 e. The third kappa shape index (κ3) is 5.09. The van der Waals surface area contributed by atoms with Crippen LogP contribution in [0.3, 0.4) is 0 Å². The van der Waals surface area contributed by atoms with Crippen molar-refractivity contribution in [2.45, 2.75) is 6.92 Å². The number of hydrogen-bond donors (Lipinski definition) is 4. The van der Waals surface area contributed by atoms with Gasteiger partial charge in [0, 0.05) is 13.0 Å². The van der Waals surface area contributed by atoms with E-state index >= 15 is 0 Å². The number of primary amides is 1. The van der Waals surface area contributed by atoms with Crippen molar-refractivity contribution in [3.05, 3.63) is 18.0 Å². The Morgan fingerprint density at radius 3 is 2.20 bits per heavy atom. The van der Waals surface area contributed by atoms with Gasteiger partial charge >= 0.3 is 0 Å². The molecule has 1 heterocycles. The molecule has 0 spiro atoms. The summed E-state index contributed by atoms with van der Waals surface area (Å²) in [4.78, 5) is 22.9. The molecular weight excluding hydrogens is 204 g/mol. The molecule has 1 aromatic rings. The Kier molecular flexibility index (Phi) is 4.59. The van der Waals surface area contributed by atoms with E-state index in [0.717, 1.165) is 19.2 Å². The van der Waals surface area contributed by atoms with E-state index in [1.54, 1.807) is 0 Å². The summed E-state index contributed by atoms with van der Waals surface area (Å²) >= 11 is 0. The fraction of sp³-hybridized carbons (Fsp3) is 0.125. The van der Waals surface area contributed by atoms with Crippen molar-refractivity contribution in [3.63, 3.8) is 0 Å². The molecule has 7 nitrogen and oxygen atoms in total. The first kappa shape index (κ1) is 12.7. The molecule has 0 saturated carbocycles. The Bertz CT molecular complexity index is 373. The Balaban J connectivity index is 0.000000423. The molecule has 0 atom stereocenters. The number of hydrogen-bond acceptors (Lipinski definition) is 5. The van der Waals surface area contributed by atoms with Crippen LogP contribution in [0.15, 0.2) is 12.3 Å². The van der Waals surface area contributed by atoms with Crippen LogP contribution in [-0.4, -0.2) is 32.2 Å². The second-order valence-corrected chi connectivity index (χ2v) is 2.44. The smallest absolute Gasteiger partial charge is 0.300 e. The number of carboxylic acid groups (broad SMARTS) is 1. The van der Waals surface area contributed by atoms with Gasteiger partial charge in [-0.1, -0.05) is 0 Å². The molecule has 1 aromatic heterocycles. The average Bonchev–Trinajstić information content (AvgIpc) is 2.01. The van der Waals surface area contributed by atoms with E-state index in [1.165, 1.54) is 0 Å². The highest BCUT2D eigenvalue weighted by molar-refractivity contribution is 5.93. The number of carboxylic acids is 1. The minimum atomic E-state index is -0.833. The molecule has 0 bridgehead atoms. The maximum Gasteiger partial charge on any atom is 0.300 e. The molecule has 5 N–H and O–H groups in total. The summed E-state index contributed by atoms with van der Waals surface area (Å²) < 4.78 is 0. The lowest BCUT2D eigenvalue weighted by atomic mass is 10.3. The second-order valence-electron chi connectivity index (χ2n) is 2.44. The predicted molar refractivity (Wildman–Crippen MR) is 49.4 cm³/mol. The van der Waals surface area contributed by atoms with Crippen LogP contribution in [0, 0.1) is 0 Å². The highest BCUT2D eigenvalue weighted by Gasteiger charge is 2.08. The fourth-order valence-electron chi connectivity index (χ4n) is 0.632. The van der Waals surface area contributed by atoms with Gasteiger partial charge in [0.25, 0.3) is 11.9 Å². The summed E-state index contributed by atoms with van der Waals surface area (Å²) in [6.07, 6.45) is 1.03. The number of rotatable bonds is 1. The van der Waals surface area contributed by atoms with Crippen molar-refractivity contribution in [3.8, 4) is 11.5 Å². The zero-order valence-corrected chi connectivity index (χ0v) is 7.84. The van der Waals surface area contributed by atoms with Crippen LogP contribution >= 0.6 is 0 Å². The summed E-state index contributed by atoms with van der Waals surface area (Å²) in [7, 11) is 0. The largest absolute Gasteiger partial charge is 0.506 e. The molecule has 0 aliphatic heterocycles. The van der Waals surface area contributed by atoms with Crippen molar-refractivity contribution in [1.29, 1.82) is 0 Å². The first-order valence-electron chi connectivity index (χ1n) is 3.72. The zero-order valence-electron chi connectivity index (χ0n) is 7.84. The Morgan fingerprint density at radius 1 is 1.40 bits per heavy atom. The lowest BCUT2D eigenvalue weighted by molar-refractivity contribution is -0.134. The van der Waals surface area contributed by atoms with E-state index in [9.17, 15) is 4.79 Å². The number of aromatic nitrogens is 1. The summed E-state index contributed by atoms with van der Waals surface area (Å²) in [5.74, 6) is -2.30. The van der Waals surface area contributed by atoms with E-state index < -0.39 is 17.6 Å². The van der Waals surface area contributed by atoms with Gasteiger partial charge in [-0.25, -0.2) is 4.98 Å². The topological polar surface area (TPSA) is 134 Å². The lowest BCUT2D eigenvalue weighted by Crippen LogP contribution is -2.12. The predicted octanol–water partition coefficient (Wildman–Crippen LogP) is -0.317. The molecule has 0 aliphatic rings. The van der Waals surface area contributed by atoms with E-state index in [0.29, 0.717) is 0 Å². The van der Waals surface area contributed by atoms with Gasteiger partial charge in [-0.05, 0) is 0 Å². The number of pyridine rings is 1. The SMILES string of the molecule is CC(=O)O.NC(=O)c1ncc(O)cc1O. The van der Waals surface area contributed by atoms with E-state index in [2.05, 4.69) is 4.98 Å². The average molecular weight is 214 g/mol. The number of carbonyl (C=O) groups excluding carboxylic acids is 1. The van der Waals surface area contributed by atoms with E-state index in [1.807, 2.05) is 0 Å². The van der Waals surface area contributed by atoms with Gasteiger partial charge in [0.15, 0.2) is 11.4 Å². The molecular formula is C8H10N2O5. The summed E-state index contributed by atoms with van der Waals surface area (Å²) in [6.45, 7) is 1.08. The molecule has 0 aliphatic carbocycles. The Hall–Kier alpha value is -2.31. The number of aliphatic carboxylic acids is 1. The first-order chi connectivity index (χ1) is 6.84. The molecule has 0 unspecified atom stereocenters. The molecule has 82 valence electrons. The standard InChI is InChI=1S/C6H6N2O3.C2H4O2/c7-6(11)5-4(10)1-3(9)2-8-5;1-2(3)4/h1-2,9-10H,(H2,7,11);1H3,(H,3,4). The van der Waals surface area contributed by atoms with Crippen molar-refractivity contribution >= 4 is 11.9 Å². The molecule has 0 aromatic carbocycles. The molecule has 0 fully saturated rings. The maximum atomic E-state index is 10.5. The van der Waals surface area contributed by atoms with Crippen molar-refractivity contribution < 1.29 is 24.9 Å². The number of aromatic hydroxyl groups is 2. The number of nitrogens with zero attached hydrogens (tertiary/aromatic N) is 1. The van der Waals surface area contributed by atoms with Gasteiger partial charge in [0.2, 0.25) is 0 Å². The molecule has 0 saturated heterocycles. The van der Waals surface area contributed by atoms with Gasteiger partial charge in [-0.3, -0.25) is 9.59 Å². The highest BCUT2D eigenvalue weighted by Crippen LogP contribution is 2.18. The fourth-order valence-corrected chi connectivity index (χ4v) is 0.632. The zero-order chi connectivity index (χ0) is 12.0. The Morgan fingerprint density at radius 2 is 1.87 bits per heavy atom. The van der Waals surface area contributed by atoms with E-state index in [4.69, 9.17) is 25.8 Å². The van der Waals surface area contributed by atoms with E-state index in [-0.39, 0.29) is 11.4 Å². The van der Waals surface area contributed by atoms with Gasteiger partial charge in [0.05, 0.1) is 6.20 Å². The quantitative estimate of drug-likeness (QED) is 0.506. The number of amides is 1. The summed E-state index contributed by atoms with van der Waals surface area (Å²) in [5.41, 5.74) is 4.57. The molecule has 1 amide bonds. The second kappa shape index (κ2) is 5.43. The molecule has 1 rings (SSSR count). The molecule has 0 radical (unpaired) electrons. The van der Waals surface area contributed by atoms with Crippen molar-refractivity contribution in [2.24, 2.45) is 5.73 Å². The van der Waals surface area contributed by atoms with Gasteiger partial charge in [-0.2, -0.15) is 0 Å². The summed E-state index contributed by atoms with van der Waals surface area (Å²) in [6, 6.07) is 0.993. The van der Waals surface area contributed by atoms with Crippen LogP contribution in [0.4, 0.5) is 0 Å². The minimum absolute atomic E-state index is 0.215. The first-order valence-corrected chi connectivity index (χ1v) is 3.72. The monoisotopic (exact) mass is 214 g/mol. The Labute approximate surface area is 84.8 Å². The van der Waals surface area contributed by atoms with Crippen LogP contribution < -0.4 is 5.73 Å². The number of nitrogens with two attached hydrogens (primary N) is 1. The van der Waals surface area contributed by atoms with Crippen LogP contribution in [-0.2, 0) is 4.79 Å². The van der Waals surface area contributed by atoms with Gasteiger partial charge < -0.3 is 21.1 Å². The van der Waals surface area contributed by atoms with Crippen LogP contribution in [0.25, 0.3) is 0 Å². The highest BCUT2D eigenvalue weighted by atomic mass is 16.4. The number of carbonyl (C=O) groups is 2. The van der Waals surface area contributed by atoms with Crippen LogP contribution in [0.5, 0.6) is 11.5 Å². The third-order valence-electron chi connectivity index (χ3n) is 1.09. The van der Waals surface area contributed by atoms with Crippen molar-refractivity contribution in [1.82, 2.24) is 4.98 Å². The maximum absolute atomic E-state index is 10.5. The third-order valence-corrected chi connectivity index (χ3v) is 1.09.